The molecule has 0 bridgehead atoms. The normalized spacial score (nSPS) is 11.2. The molecule has 0 amide bonds. The summed E-state index contributed by atoms with van der Waals surface area (Å²) in [4.78, 5) is 1.81. The number of benzene rings is 2. The molecule has 1 heterocycles. The molecule has 0 aliphatic carbocycles. The van der Waals surface area contributed by atoms with Crippen LogP contribution < -0.4 is 5.32 Å². The van der Waals surface area contributed by atoms with Crippen molar-refractivity contribution in [1.29, 1.82) is 0 Å². The molecule has 0 spiro atoms. The largest absolute Gasteiger partial charge is 0.311 e. The molecule has 0 saturated heterocycles. The lowest BCUT2D eigenvalue weighted by molar-refractivity contribution is 0.537. The molecule has 2 aromatic carbocycles. The van der Waals surface area contributed by atoms with Gasteiger partial charge in [-0.1, -0.05) is 74.0 Å². The number of aryl methyl sites for hydroxylation is 1. The predicted molar refractivity (Wildman–Crippen MR) is 102 cm³/mol. The number of nitrogens with one attached hydrogen (secondary N) is 1. The van der Waals surface area contributed by atoms with Gasteiger partial charge in [0.15, 0.2) is 0 Å². The molecular weight excluding hydrogens is 308 g/mol. The Bertz CT molecular complexity index is 806. The van der Waals surface area contributed by atoms with Gasteiger partial charge in [0, 0.05) is 12.1 Å². The molecule has 4 heteroatoms. The van der Waals surface area contributed by atoms with Gasteiger partial charge in [-0.25, -0.2) is 0 Å². The van der Waals surface area contributed by atoms with Crippen molar-refractivity contribution in [2.45, 2.75) is 33.9 Å². The highest BCUT2D eigenvalue weighted by atomic mass is 15.5. The molecule has 0 atom stereocenters. The van der Waals surface area contributed by atoms with Crippen LogP contribution in [0.5, 0.6) is 0 Å². The SMILES string of the molecule is Cc1cccc(Cn2nc(CNCC(C)C)c(-c3ccccc3)n2)c1. The van der Waals surface area contributed by atoms with Gasteiger partial charge < -0.3 is 5.32 Å². The standard InChI is InChI=1S/C21H26N4/c1-16(2)13-22-14-20-21(19-10-5-4-6-11-19)24-25(23-20)15-18-9-7-8-17(3)12-18/h4-12,16,22H,13-15H2,1-3H3. The van der Waals surface area contributed by atoms with E-state index in [1.165, 1.54) is 11.1 Å². The molecular formula is C21H26N4. The van der Waals surface area contributed by atoms with E-state index >= 15 is 0 Å². The molecule has 0 fully saturated rings. The first-order valence-corrected chi connectivity index (χ1v) is 8.87. The summed E-state index contributed by atoms with van der Waals surface area (Å²) in [6.45, 7) is 8.91. The zero-order valence-corrected chi connectivity index (χ0v) is 15.2. The molecule has 1 aromatic heterocycles. The third-order valence-corrected chi connectivity index (χ3v) is 4.02. The first-order valence-electron chi connectivity index (χ1n) is 8.87. The maximum absolute atomic E-state index is 4.77. The van der Waals surface area contributed by atoms with Gasteiger partial charge in [-0.3, -0.25) is 0 Å². The van der Waals surface area contributed by atoms with Gasteiger partial charge in [0.1, 0.15) is 11.4 Å². The summed E-state index contributed by atoms with van der Waals surface area (Å²) >= 11 is 0. The Morgan fingerprint density at radius 3 is 2.52 bits per heavy atom. The second-order valence-corrected chi connectivity index (χ2v) is 6.91. The van der Waals surface area contributed by atoms with E-state index in [1.54, 1.807) is 0 Å². The fourth-order valence-electron chi connectivity index (χ4n) is 2.85. The molecule has 3 aromatic rings. The summed E-state index contributed by atoms with van der Waals surface area (Å²) in [5.41, 5.74) is 5.55. The second kappa shape index (κ2) is 8.08. The molecule has 1 N–H and O–H groups in total. The third kappa shape index (κ3) is 4.77. The number of hydrogen-bond donors (Lipinski definition) is 1. The first-order chi connectivity index (χ1) is 12.1. The van der Waals surface area contributed by atoms with Gasteiger partial charge in [0.2, 0.25) is 0 Å². The van der Waals surface area contributed by atoms with Gasteiger partial charge in [0.05, 0.1) is 6.54 Å². The average molecular weight is 334 g/mol. The summed E-state index contributed by atoms with van der Waals surface area (Å²) < 4.78 is 0. The van der Waals surface area contributed by atoms with Crippen LogP contribution in [0.3, 0.4) is 0 Å². The van der Waals surface area contributed by atoms with Crippen molar-refractivity contribution in [3.8, 4) is 11.3 Å². The van der Waals surface area contributed by atoms with Gasteiger partial charge >= 0.3 is 0 Å². The minimum Gasteiger partial charge on any atom is -0.311 e. The molecule has 0 aliphatic heterocycles. The van der Waals surface area contributed by atoms with E-state index in [2.05, 4.69) is 62.5 Å². The molecule has 0 aliphatic rings. The highest BCUT2D eigenvalue weighted by Gasteiger charge is 2.13. The summed E-state index contributed by atoms with van der Waals surface area (Å²) in [5, 5.41) is 13.0. The predicted octanol–water partition coefficient (Wildman–Crippen LogP) is 4.05. The molecule has 4 nitrogen and oxygen atoms in total. The topological polar surface area (TPSA) is 42.7 Å². The highest BCUT2D eigenvalue weighted by molar-refractivity contribution is 5.60. The summed E-state index contributed by atoms with van der Waals surface area (Å²) in [5.74, 6) is 0.613. The number of hydrogen-bond acceptors (Lipinski definition) is 3. The Labute approximate surface area is 149 Å². The zero-order valence-electron chi connectivity index (χ0n) is 15.2. The van der Waals surface area contributed by atoms with Crippen molar-refractivity contribution < 1.29 is 0 Å². The van der Waals surface area contributed by atoms with E-state index in [-0.39, 0.29) is 0 Å². The zero-order chi connectivity index (χ0) is 17.6. The van der Waals surface area contributed by atoms with Crippen LogP contribution in [0.15, 0.2) is 54.6 Å². The first kappa shape index (κ1) is 17.4. The van der Waals surface area contributed by atoms with E-state index in [9.17, 15) is 0 Å². The fraction of sp³-hybridized carbons (Fsp3) is 0.333. The monoisotopic (exact) mass is 334 g/mol. The van der Waals surface area contributed by atoms with Gasteiger partial charge in [0.25, 0.3) is 0 Å². The minimum atomic E-state index is 0.613. The number of nitrogens with zero attached hydrogens (tertiary/aromatic N) is 3. The lowest BCUT2D eigenvalue weighted by atomic mass is 10.1. The van der Waals surface area contributed by atoms with Crippen LogP contribution in [0, 0.1) is 12.8 Å². The van der Waals surface area contributed by atoms with Gasteiger partial charge in [-0.2, -0.15) is 15.0 Å². The average Bonchev–Trinajstić information content (AvgIpc) is 2.98. The Balaban J connectivity index is 1.85. The lowest BCUT2D eigenvalue weighted by Crippen LogP contribution is -2.19. The van der Waals surface area contributed by atoms with Crippen molar-refractivity contribution in [2.24, 2.45) is 5.92 Å². The van der Waals surface area contributed by atoms with Crippen LogP contribution >= 0.6 is 0 Å². The van der Waals surface area contributed by atoms with E-state index in [1.807, 2.05) is 23.0 Å². The van der Waals surface area contributed by atoms with Gasteiger partial charge in [-0.05, 0) is 24.9 Å². The maximum atomic E-state index is 4.77. The number of rotatable bonds is 7. The Morgan fingerprint density at radius 2 is 1.80 bits per heavy atom. The highest BCUT2D eigenvalue weighted by Crippen LogP contribution is 2.20. The van der Waals surface area contributed by atoms with Crippen LogP contribution in [-0.2, 0) is 13.1 Å². The summed E-state index contributed by atoms with van der Waals surface area (Å²) in [6.07, 6.45) is 0. The molecule has 130 valence electrons. The van der Waals surface area contributed by atoms with Crippen molar-refractivity contribution in [3.63, 3.8) is 0 Å². The smallest absolute Gasteiger partial charge is 0.117 e. The van der Waals surface area contributed by atoms with Crippen molar-refractivity contribution in [3.05, 3.63) is 71.4 Å². The van der Waals surface area contributed by atoms with Crippen LogP contribution in [0.1, 0.15) is 30.7 Å². The quantitative estimate of drug-likeness (QED) is 0.709. The Morgan fingerprint density at radius 1 is 1.00 bits per heavy atom. The van der Waals surface area contributed by atoms with Crippen LogP contribution in [0.25, 0.3) is 11.3 Å². The van der Waals surface area contributed by atoms with Gasteiger partial charge in [-0.15, -0.1) is 0 Å². The molecule has 0 saturated carbocycles. The summed E-state index contributed by atoms with van der Waals surface area (Å²) in [7, 11) is 0. The molecule has 0 unspecified atom stereocenters. The fourth-order valence-corrected chi connectivity index (χ4v) is 2.85. The molecule has 3 rings (SSSR count). The van der Waals surface area contributed by atoms with E-state index in [0.29, 0.717) is 12.5 Å². The van der Waals surface area contributed by atoms with E-state index in [0.717, 1.165) is 30.0 Å². The van der Waals surface area contributed by atoms with Crippen molar-refractivity contribution in [2.75, 3.05) is 6.54 Å². The van der Waals surface area contributed by atoms with Crippen LogP contribution in [0.4, 0.5) is 0 Å². The Kier molecular flexibility index (Phi) is 5.61. The minimum absolute atomic E-state index is 0.613. The molecule has 25 heavy (non-hydrogen) atoms. The second-order valence-electron chi connectivity index (χ2n) is 6.91. The van der Waals surface area contributed by atoms with Crippen LogP contribution in [-0.4, -0.2) is 21.5 Å². The lowest BCUT2D eigenvalue weighted by Gasteiger charge is -2.06. The van der Waals surface area contributed by atoms with Crippen LogP contribution in [0.2, 0.25) is 0 Å². The maximum Gasteiger partial charge on any atom is 0.117 e. The van der Waals surface area contributed by atoms with Crippen molar-refractivity contribution in [1.82, 2.24) is 20.3 Å². The number of aromatic nitrogens is 3. The molecule has 0 radical (unpaired) electrons. The third-order valence-electron chi connectivity index (χ3n) is 4.02. The van der Waals surface area contributed by atoms with Crippen molar-refractivity contribution >= 4 is 0 Å². The van der Waals surface area contributed by atoms with E-state index < -0.39 is 0 Å². The van der Waals surface area contributed by atoms with E-state index in [4.69, 9.17) is 10.2 Å². The summed E-state index contributed by atoms with van der Waals surface area (Å²) in [6, 6.07) is 18.8. The Hall–Kier alpha value is -2.46.